The fourth-order valence-corrected chi connectivity index (χ4v) is 2.88. The Morgan fingerprint density at radius 1 is 1.40 bits per heavy atom. The molecule has 0 aliphatic carbocycles. The van der Waals surface area contributed by atoms with Crippen LogP contribution in [0.15, 0.2) is 22.7 Å². The number of likely N-dealkylation sites (N-methyl/N-ethyl adjacent to an activating group) is 1. The Kier molecular flexibility index (Phi) is 5.57. The summed E-state index contributed by atoms with van der Waals surface area (Å²) in [5.41, 5.74) is 1.80. The second-order valence-electron chi connectivity index (χ2n) is 5.28. The smallest absolute Gasteiger partial charge is 0.253 e. The van der Waals surface area contributed by atoms with Crippen LogP contribution >= 0.6 is 15.9 Å². The second kappa shape index (κ2) is 7.20. The number of benzene rings is 1. The van der Waals surface area contributed by atoms with Crippen LogP contribution in [0.4, 0.5) is 0 Å². The van der Waals surface area contributed by atoms with Gasteiger partial charge in [0.15, 0.2) is 0 Å². The maximum absolute atomic E-state index is 12.4. The summed E-state index contributed by atoms with van der Waals surface area (Å²) < 4.78 is 1.01. The standard InChI is InChI=1S/C15H22BrN3O/c1-12-11-13(16)3-4-14(12)15(20)18(2)9-10-19-7-5-17-6-8-19/h3-4,11,17H,5-10H2,1-2H3. The SMILES string of the molecule is Cc1cc(Br)ccc1C(=O)N(C)CCN1CCNCC1. The summed E-state index contributed by atoms with van der Waals surface area (Å²) in [6.07, 6.45) is 0. The van der Waals surface area contributed by atoms with Gasteiger partial charge >= 0.3 is 0 Å². The van der Waals surface area contributed by atoms with Gasteiger partial charge in [0.2, 0.25) is 0 Å². The van der Waals surface area contributed by atoms with Gasteiger partial charge in [-0.2, -0.15) is 0 Å². The molecule has 1 aromatic carbocycles. The fourth-order valence-electron chi connectivity index (χ4n) is 2.40. The molecule has 1 N–H and O–H groups in total. The second-order valence-corrected chi connectivity index (χ2v) is 6.19. The predicted molar refractivity (Wildman–Crippen MR) is 85.1 cm³/mol. The van der Waals surface area contributed by atoms with Gasteiger partial charge in [0.25, 0.3) is 5.91 Å². The van der Waals surface area contributed by atoms with Crippen molar-refractivity contribution in [1.82, 2.24) is 15.1 Å². The summed E-state index contributed by atoms with van der Waals surface area (Å²) in [6.45, 7) is 7.92. The van der Waals surface area contributed by atoms with Gasteiger partial charge in [-0.25, -0.2) is 0 Å². The highest BCUT2D eigenvalue weighted by atomic mass is 79.9. The lowest BCUT2D eigenvalue weighted by molar-refractivity contribution is 0.0774. The molecular weight excluding hydrogens is 318 g/mol. The first-order valence-corrected chi connectivity index (χ1v) is 7.82. The largest absolute Gasteiger partial charge is 0.340 e. The molecule has 0 saturated carbocycles. The van der Waals surface area contributed by atoms with Crippen LogP contribution in [0.2, 0.25) is 0 Å². The number of piperazine rings is 1. The highest BCUT2D eigenvalue weighted by molar-refractivity contribution is 9.10. The molecule has 2 rings (SSSR count). The van der Waals surface area contributed by atoms with E-state index in [2.05, 4.69) is 26.1 Å². The molecule has 1 saturated heterocycles. The quantitative estimate of drug-likeness (QED) is 0.907. The zero-order valence-corrected chi connectivity index (χ0v) is 13.7. The van der Waals surface area contributed by atoms with Crippen LogP contribution in [0.25, 0.3) is 0 Å². The molecule has 110 valence electrons. The number of hydrogen-bond acceptors (Lipinski definition) is 3. The molecule has 20 heavy (non-hydrogen) atoms. The van der Waals surface area contributed by atoms with Gasteiger partial charge in [-0.15, -0.1) is 0 Å². The van der Waals surface area contributed by atoms with Crippen LogP contribution < -0.4 is 5.32 Å². The first-order valence-electron chi connectivity index (χ1n) is 7.02. The van der Waals surface area contributed by atoms with Crippen molar-refractivity contribution in [3.63, 3.8) is 0 Å². The summed E-state index contributed by atoms with van der Waals surface area (Å²) in [6, 6.07) is 5.80. The molecule has 0 spiro atoms. The molecule has 1 fully saturated rings. The van der Waals surface area contributed by atoms with Crippen LogP contribution in [0, 0.1) is 6.92 Å². The van der Waals surface area contributed by atoms with Crippen molar-refractivity contribution in [3.8, 4) is 0 Å². The van der Waals surface area contributed by atoms with Gasteiger partial charge in [-0.05, 0) is 30.7 Å². The van der Waals surface area contributed by atoms with Crippen molar-refractivity contribution in [2.24, 2.45) is 0 Å². The van der Waals surface area contributed by atoms with E-state index in [0.717, 1.165) is 54.9 Å². The van der Waals surface area contributed by atoms with E-state index in [1.54, 1.807) is 0 Å². The molecule has 0 radical (unpaired) electrons. The van der Waals surface area contributed by atoms with Gasteiger partial charge in [0.05, 0.1) is 0 Å². The van der Waals surface area contributed by atoms with E-state index in [1.165, 1.54) is 0 Å². The predicted octanol–water partition coefficient (Wildman–Crippen LogP) is 1.73. The van der Waals surface area contributed by atoms with E-state index >= 15 is 0 Å². The molecule has 4 nitrogen and oxygen atoms in total. The Balaban J connectivity index is 1.90. The molecule has 0 aromatic heterocycles. The van der Waals surface area contributed by atoms with Crippen molar-refractivity contribution >= 4 is 21.8 Å². The molecule has 1 aliphatic rings. The summed E-state index contributed by atoms with van der Waals surface area (Å²) in [7, 11) is 1.88. The van der Waals surface area contributed by atoms with Crippen LogP contribution in [0.1, 0.15) is 15.9 Å². The van der Waals surface area contributed by atoms with E-state index in [4.69, 9.17) is 0 Å². The number of halogens is 1. The Bertz CT molecular complexity index is 472. The molecule has 0 unspecified atom stereocenters. The average molecular weight is 340 g/mol. The summed E-state index contributed by atoms with van der Waals surface area (Å²) in [5, 5.41) is 3.34. The van der Waals surface area contributed by atoms with E-state index < -0.39 is 0 Å². The van der Waals surface area contributed by atoms with Crippen molar-refractivity contribution in [2.75, 3.05) is 46.3 Å². The van der Waals surface area contributed by atoms with Gasteiger partial charge < -0.3 is 10.2 Å². The zero-order chi connectivity index (χ0) is 14.5. The molecule has 1 aliphatic heterocycles. The number of nitrogens with one attached hydrogen (secondary N) is 1. The molecule has 0 bridgehead atoms. The minimum atomic E-state index is 0.102. The van der Waals surface area contributed by atoms with Crippen molar-refractivity contribution in [2.45, 2.75) is 6.92 Å². The number of hydrogen-bond donors (Lipinski definition) is 1. The first-order chi connectivity index (χ1) is 9.58. The Labute approximate surface area is 129 Å². The highest BCUT2D eigenvalue weighted by Gasteiger charge is 2.16. The van der Waals surface area contributed by atoms with Gasteiger partial charge in [0.1, 0.15) is 0 Å². The number of aryl methyl sites for hydroxylation is 1. The molecule has 1 aromatic rings. The number of rotatable bonds is 4. The highest BCUT2D eigenvalue weighted by Crippen LogP contribution is 2.17. The number of nitrogens with zero attached hydrogens (tertiary/aromatic N) is 2. The number of amides is 1. The molecule has 1 amide bonds. The van der Waals surface area contributed by atoms with Gasteiger partial charge in [-0.3, -0.25) is 9.69 Å². The summed E-state index contributed by atoms with van der Waals surface area (Å²) >= 11 is 3.43. The van der Waals surface area contributed by atoms with Crippen LogP contribution in [-0.4, -0.2) is 62.0 Å². The lowest BCUT2D eigenvalue weighted by atomic mass is 10.1. The lowest BCUT2D eigenvalue weighted by Gasteiger charge is -2.29. The fraction of sp³-hybridized carbons (Fsp3) is 0.533. The molecule has 1 heterocycles. The van der Waals surface area contributed by atoms with Gasteiger partial charge in [0, 0.05) is 56.4 Å². The number of carbonyl (C=O) groups excluding carboxylic acids is 1. The monoisotopic (exact) mass is 339 g/mol. The normalized spacial score (nSPS) is 16.1. The van der Waals surface area contributed by atoms with E-state index in [-0.39, 0.29) is 5.91 Å². The average Bonchev–Trinajstić information content (AvgIpc) is 2.45. The third kappa shape index (κ3) is 4.04. The Morgan fingerprint density at radius 3 is 2.75 bits per heavy atom. The molecular formula is C15H22BrN3O. The maximum Gasteiger partial charge on any atom is 0.253 e. The van der Waals surface area contributed by atoms with Gasteiger partial charge in [-0.1, -0.05) is 15.9 Å². The summed E-state index contributed by atoms with van der Waals surface area (Å²) in [5.74, 6) is 0.102. The van der Waals surface area contributed by atoms with Crippen LogP contribution in [0.5, 0.6) is 0 Å². The molecule has 5 heteroatoms. The molecule has 0 atom stereocenters. The van der Waals surface area contributed by atoms with Crippen molar-refractivity contribution in [1.29, 1.82) is 0 Å². The van der Waals surface area contributed by atoms with E-state index in [9.17, 15) is 4.79 Å². The first kappa shape index (κ1) is 15.5. The van der Waals surface area contributed by atoms with E-state index in [1.807, 2.05) is 37.1 Å². The van der Waals surface area contributed by atoms with Crippen LogP contribution in [-0.2, 0) is 0 Å². The zero-order valence-electron chi connectivity index (χ0n) is 12.2. The number of carbonyl (C=O) groups is 1. The third-order valence-electron chi connectivity index (χ3n) is 3.73. The third-order valence-corrected chi connectivity index (χ3v) is 4.22. The van der Waals surface area contributed by atoms with Crippen molar-refractivity contribution in [3.05, 3.63) is 33.8 Å². The Hall–Kier alpha value is -0.910. The lowest BCUT2D eigenvalue weighted by Crippen LogP contribution is -2.46. The topological polar surface area (TPSA) is 35.6 Å². The Morgan fingerprint density at radius 2 is 2.10 bits per heavy atom. The van der Waals surface area contributed by atoms with Crippen molar-refractivity contribution < 1.29 is 4.79 Å². The summed E-state index contributed by atoms with van der Waals surface area (Å²) in [4.78, 5) is 16.6. The minimum Gasteiger partial charge on any atom is -0.340 e. The van der Waals surface area contributed by atoms with E-state index in [0.29, 0.717) is 0 Å². The minimum absolute atomic E-state index is 0.102. The van der Waals surface area contributed by atoms with Crippen LogP contribution in [0.3, 0.4) is 0 Å². The maximum atomic E-state index is 12.4.